The van der Waals surface area contributed by atoms with Crippen molar-refractivity contribution in [2.24, 2.45) is 5.18 Å². The number of pyridine rings is 1. The number of nitrogens with one attached hydrogen (secondary N) is 2. The third-order valence-electron chi connectivity index (χ3n) is 6.77. The fourth-order valence-electron chi connectivity index (χ4n) is 4.82. The zero-order valence-corrected chi connectivity index (χ0v) is 20.7. The van der Waals surface area contributed by atoms with Crippen molar-refractivity contribution in [1.82, 2.24) is 20.1 Å². The number of alkyl halides is 3. The van der Waals surface area contributed by atoms with Crippen LogP contribution in [0.4, 0.5) is 19.0 Å². The highest BCUT2D eigenvalue weighted by Gasteiger charge is 2.30. The molecule has 1 aliphatic carbocycles. The second-order valence-electron chi connectivity index (χ2n) is 9.41. The molecule has 0 radical (unpaired) electrons. The van der Waals surface area contributed by atoms with Gasteiger partial charge in [0.05, 0.1) is 17.8 Å². The number of carbonyl (C=O) groups is 1. The molecule has 2 fully saturated rings. The average molecular weight is 517 g/mol. The molecule has 1 saturated carbocycles. The van der Waals surface area contributed by atoms with Crippen LogP contribution in [0.15, 0.2) is 47.8 Å². The Morgan fingerprint density at radius 2 is 1.81 bits per heavy atom. The fourth-order valence-corrected chi connectivity index (χ4v) is 4.82. The quantitative estimate of drug-likeness (QED) is 0.506. The number of aromatic nitrogens is 1. The molecule has 2 aliphatic rings. The van der Waals surface area contributed by atoms with Crippen LogP contribution < -0.4 is 10.6 Å². The van der Waals surface area contributed by atoms with Crippen molar-refractivity contribution < 1.29 is 18.0 Å². The molecule has 1 aromatic heterocycles. The number of piperazine rings is 1. The Kier molecular flexibility index (Phi) is 8.42. The summed E-state index contributed by atoms with van der Waals surface area (Å²) in [6.07, 6.45) is 1.48. The van der Waals surface area contributed by atoms with Gasteiger partial charge in [-0.1, -0.05) is 25.0 Å². The van der Waals surface area contributed by atoms with E-state index in [0.29, 0.717) is 49.3 Å². The first-order valence-corrected chi connectivity index (χ1v) is 12.4. The molecule has 198 valence electrons. The van der Waals surface area contributed by atoms with Crippen LogP contribution in [-0.2, 0) is 11.0 Å². The van der Waals surface area contributed by atoms with Gasteiger partial charge in [-0.05, 0) is 42.3 Å². The summed E-state index contributed by atoms with van der Waals surface area (Å²) in [4.78, 5) is 33.0. The number of likely N-dealkylation sites (N-methyl/N-ethyl adjacent to an activating group) is 1. The maximum Gasteiger partial charge on any atom is 0.416 e. The average Bonchev–Trinajstić information content (AvgIpc) is 3.40. The van der Waals surface area contributed by atoms with Crippen LogP contribution >= 0.6 is 0 Å². The number of hydrogen-bond donors (Lipinski definition) is 2. The summed E-state index contributed by atoms with van der Waals surface area (Å²) >= 11 is 0. The van der Waals surface area contributed by atoms with Crippen molar-refractivity contribution in [2.75, 3.05) is 45.1 Å². The Balaban J connectivity index is 1.71. The zero-order valence-electron chi connectivity index (χ0n) is 20.7. The maximum atomic E-state index is 13.1. The Morgan fingerprint density at radius 3 is 2.43 bits per heavy atom. The number of amides is 1. The summed E-state index contributed by atoms with van der Waals surface area (Å²) in [6, 6.07) is 8.09. The van der Waals surface area contributed by atoms with E-state index in [1.807, 2.05) is 0 Å². The summed E-state index contributed by atoms with van der Waals surface area (Å²) in [5.74, 6) is 0.513. The minimum absolute atomic E-state index is 0.0251. The lowest BCUT2D eigenvalue weighted by atomic mass is 10.0. The van der Waals surface area contributed by atoms with Crippen molar-refractivity contribution in [3.63, 3.8) is 0 Å². The Labute approximate surface area is 213 Å². The molecule has 2 N–H and O–H groups in total. The van der Waals surface area contributed by atoms with Crippen molar-refractivity contribution in [3.05, 3.63) is 64.2 Å². The lowest BCUT2D eigenvalue weighted by Crippen LogP contribution is -2.49. The van der Waals surface area contributed by atoms with E-state index in [1.54, 1.807) is 35.2 Å². The van der Waals surface area contributed by atoms with Gasteiger partial charge in [0, 0.05) is 56.6 Å². The number of nitroso groups, excluding NO2 is 1. The topological polar surface area (TPSA) is 89.9 Å². The van der Waals surface area contributed by atoms with E-state index in [2.05, 4.69) is 20.8 Å². The van der Waals surface area contributed by atoms with Gasteiger partial charge in [-0.15, -0.1) is 4.91 Å². The van der Waals surface area contributed by atoms with Gasteiger partial charge in [0.15, 0.2) is 0 Å². The number of carbonyl (C=O) groups excluding carboxylic acids is 1. The lowest BCUT2D eigenvalue weighted by Gasteiger charge is -2.31. The molecule has 1 aliphatic heterocycles. The maximum absolute atomic E-state index is 13.1. The van der Waals surface area contributed by atoms with Crippen LogP contribution in [-0.4, -0.2) is 66.5 Å². The summed E-state index contributed by atoms with van der Waals surface area (Å²) in [5, 5.41) is 9.86. The Morgan fingerprint density at radius 1 is 1.14 bits per heavy atom. The van der Waals surface area contributed by atoms with E-state index < -0.39 is 11.7 Å². The highest BCUT2D eigenvalue weighted by atomic mass is 19.4. The molecule has 4 rings (SSSR count). The summed E-state index contributed by atoms with van der Waals surface area (Å²) < 4.78 is 39.4. The third-order valence-corrected chi connectivity index (χ3v) is 6.77. The molecule has 0 spiro atoms. The summed E-state index contributed by atoms with van der Waals surface area (Å²) in [5.41, 5.74) is 0.275. The van der Waals surface area contributed by atoms with Crippen LogP contribution in [0.3, 0.4) is 0 Å². The van der Waals surface area contributed by atoms with Gasteiger partial charge in [-0.25, -0.2) is 4.98 Å². The predicted molar refractivity (Wildman–Crippen MR) is 136 cm³/mol. The molecular weight excluding hydrogens is 485 g/mol. The Hall–Kier alpha value is -3.47. The normalized spacial score (nSPS) is 17.4. The van der Waals surface area contributed by atoms with E-state index in [9.17, 15) is 22.9 Å². The monoisotopic (exact) mass is 516 g/mol. The number of benzene rings is 1. The van der Waals surface area contributed by atoms with Gasteiger partial charge in [0.25, 0.3) is 0 Å². The molecule has 2 heterocycles. The molecule has 0 bridgehead atoms. The second kappa shape index (κ2) is 11.7. The van der Waals surface area contributed by atoms with Gasteiger partial charge in [0.1, 0.15) is 11.5 Å². The van der Waals surface area contributed by atoms with Crippen molar-refractivity contribution >= 4 is 23.1 Å². The van der Waals surface area contributed by atoms with E-state index in [4.69, 9.17) is 0 Å². The molecule has 37 heavy (non-hydrogen) atoms. The first-order valence-electron chi connectivity index (χ1n) is 12.4. The smallest absolute Gasteiger partial charge is 0.367 e. The molecule has 8 nitrogen and oxygen atoms in total. The molecule has 0 atom stereocenters. The molecule has 1 saturated heterocycles. The van der Waals surface area contributed by atoms with Gasteiger partial charge < -0.3 is 20.4 Å². The predicted octanol–water partition coefficient (Wildman–Crippen LogP) is 4.41. The number of hydrogen-bond acceptors (Lipinski definition) is 7. The van der Waals surface area contributed by atoms with Gasteiger partial charge >= 0.3 is 6.18 Å². The van der Waals surface area contributed by atoms with Crippen LogP contribution in [0.1, 0.15) is 42.4 Å². The standard InChI is InChI=1S/C26H31F3N6O2/c1-34(17-23(36)35-14-12-30-13-15-35)25(19-10-11-31-22(16-19)32-21-4-2-3-5-21)24(33-37)18-6-8-20(9-7-18)26(27,28)29/h6-11,16,21,30H,2-5,12-15,17H2,1H3,(H,31,32)/b25-24-. The highest BCUT2D eigenvalue weighted by molar-refractivity contribution is 5.91. The molecule has 0 unspecified atom stereocenters. The van der Waals surface area contributed by atoms with Crippen LogP contribution in [0.2, 0.25) is 0 Å². The molecule has 1 aromatic carbocycles. The third kappa shape index (κ3) is 6.65. The van der Waals surface area contributed by atoms with Crippen LogP contribution in [0, 0.1) is 4.91 Å². The summed E-state index contributed by atoms with van der Waals surface area (Å²) in [7, 11) is 1.68. The van der Waals surface area contributed by atoms with Gasteiger partial charge in [0.2, 0.25) is 5.91 Å². The lowest BCUT2D eigenvalue weighted by molar-refractivity contribution is -0.137. The fraction of sp³-hybridized carbons (Fsp3) is 0.462. The largest absolute Gasteiger partial charge is 0.416 e. The highest BCUT2D eigenvalue weighted by Crippen LogP contribution is 2.34. The van der Waals surface area contributed by atoms with Crippen molar-refractivity contribution in [2.45, 2.75) is 37.9 Å². The van der Waals surface area contributed by atoms with Crippen molar-refractivity contribution in [1.29, 1.82) is 0 Å². The van der Waals surface area contributed by atoms with E-state index >= 15 is 0 Å². The zero-order chi connectivity index (χ0) is 26.4. The SMILES string of the molecule is CN(CC(=O)N1CCNCC1)/C(=C(\N=O)c1ccc(C(F)(F)F)cc1)c1ccnc(NC2CCCC2)c1. The van der Waals surface area contributed by atoms with Crippen molar-refractivity contribution in [3.8, 4) is 0 Å². The van der Waals surface area contributed by atoms with Gasteiger partial charge in [-0.2, -0.15) is 13.2 Å². The van der Waals surface area contributed by atoms with Crippen LogP contribution in [0.5, 0.6) is 0 Å². The molecule has 1 amide bonds. The van der Waals surface area contributed by atoms with Crippen LogP contribution in [0.25, 0.3) is 11.4 Å². The Bertz CT molecular complexity index is 1120. The molecule has 2 aromatic rings. The number of halogens is 3. The molecular formula is C26H31F3N6O2. The first kappa shape index (κ1) is 26.6. The van der Waals surface area contributed by atoms with E-state index in [1.165, 1.54) is 12.1 Å². The molecule has 11 heteroatoms. The number of nitrogens with zero attached hydrogens (tertiary/aromatic N) is 4. The number of anilines is 1. The van der Waals surface area contributed by atoms with Gasteiger partial charge in [-0.3, -0.25) is 4.79 Å². The van der Waals surface area contributed by atoms with E-state index in [-0.39, 0.29) is 23.7 Å². The minimum atomic E-state index is -4.50. The van der Waals surface area contributed by atoms with E-state index in [0.717, 1.165) is 37.8 Å². The number of rotatable bonds is 8. The minimum Gasteiger partial charge on any atom is -0.367 e. The first-order chi connectivity index (χ1) is 17.8. The summed E-state index contributed by atoms with van der Waals surface area (Å²) in [6.45, 7) is 2.53. The second-order valence-corrected chi connectivity index (χ2v) is 9.41.